The third kappa shape index (κ3) is 3.58. The van der Waals surface area contributed by atoms with Crippen LogP contribution in [0.15, 0.2) is 5.38 Å². The zero-order chi connectivity index (χ0) is 15.5. The molecule has 0 aromatic carbocycles. The number of aliphatic carboxylic acids is 1. The van der Waals surface area contributed by atoms with Crippen molar-refractivity contribution < 1.29 is 14.7 Å². The molecule has 3 N–H and O–H groups in total. The van der Waals surface area contributed by atoms with Crippen LogP contribution in [0.25, 0.3) is 0 Å². The second-order valence-corrected chi connectivity index (χ2v) is 7.05. The summed E-state index contributed by atoms with van der Waals surface area (Å²) >= 11 is 1.46. The van der Waals surface area contributed by atoms with E-state index < -0.39 is 5.97 Å². The number of carboxylic acid groups (broad SMARTS) is 1. The van der Waals surface area contributed by atoms with Crippen LogP contribution >= 0.6 is 11.3 Å². The summed E-state index contributed by atoms with van der Waals surface area (Å²) in [5, 5.41) is 17.3. The lowest BCUT2D eigenvalue weighted by Crippen LogP contribution is -2.40. The molecule has 0 unspecified atom stereocenters. The monoisotopic (exact) mass is 323 g/mol. The van der Waals surface area contributed by atoms with Gasteiger partial charge < -0.3 is 10.4 Å². The third-order valence-corrected chi connectivity index (χ3v) is 5.45. The summed E-state index contributed by atoms with van der Waals surface area (Å²) in [6.45, 7) is 0. The van der Waals surface area contributed by atoms with Crippen molar-refractivity contribution in [2.75, 3.05) is 5.32 Å². The third-order valence-electron chi connectivity index (χ3n) is 4.68. The molecule has 1 aromatic heterocycles. The van der Waals surface area contributed by atoms with Crippen molar-refractivity contribution in [1.29, 1.82) is 0 Å². The van der Waals surface area contributed by atoms with Crippen molar-refractivity contribution in [1.82, 2.24) is 10.3 Å². The molecule has 2 aliphatic carbocycles. The summed E-state index contributed by atoms with van der Waals surface area (Å²) < 4.78 is 0. The normalized spacial score (nSPS) is 25.3. The summed E-state index contributed by atoms with van der Waals surface area (Å²) in [4.78, 5) is 27.4. The molecule has 2 saturated carbocycles. The fourth-order valence-electron chi connectivity index (χ4n) is 3.04. The van der Waals surface area contributed by atoms with Crippen LogP contribution in [0.3, 0.4) is 0 Å². The number of nitrogens with zero attached hydrogens (tertiary/aromatic N) is 1. The summed E-state index contributed by atoms with van der Waals surface area (Å²) in [5.74, 6) is -0.416. The van der Waals surface area contributed by atoms with Crippen molar-refractivity contribution in [2.45, 2.75) is 56.9 Å². The second kappa shape index (κ2) is 6.64. The van der Waals surface area contributed by atoms with Crippen LogP contribution in [-0.2, 0) is 4.79 Å². The predicted molar refractivity (Wildman–Crippen MR) is 84.2 cm³/mol. The molecule has 0 atom stereocenters. The average molecular weight is 323 g/mol. The molecule has 7 heteroatoms. The standard InChI is InChI=1S/C15H21N3O3S/c19-13(20)10-4-6-11(7-5-10)16-14(21)18-15-17-12(8-22-15)9-2-1-3-9/h8-11H,1-7H2,(H,19,20)(H2,16,17,18,21). The van der Waals surface area contributed by atoms with Gasteiger partial charge in [-0.3, -0.25) is 10.1 Å². The van der Waals surface area contributed by atoms with E-state index in [0.29, 0.717) is 23.9 Å². The van der Waals surface area contributed by atoms with Crippen molar-refractivity contribution in [2.24, 2.45) is 5.92 Å². The number of hydrogen-bond acceptors (Lipinski definition) is 4. The fourth-order valence-corrected chi connectivity index (χ4v) is 3.83. The number of hydrogen-bond donors (Lipinski definition) is 3. The number of urea groups is 1. The zero-order valence-electron chi connectivity index (χ0n) is 12.4. The van der Waals surface area contributed by atoms with E-state index in [1.165, 1.54) is 30.6 Å². The van der Waals surface area contributed by atoms with Crippen molar-refractivity contribution in [3.8, 4) is 0 Å². The molecule has 0 radical (unpaired) electrons. The van der Waals surface area contributed by atoms with Crippen LogP contribution in [0, 0.1) is 5.92 Å². The van der Waals surface area contributed by atoms with Crippen LogP contribution < -0.4 is 10.6 Å². The van der Waals surface area contributed by atoms with Gasteiger partial charge in [-0.25, -0.2) is 9.78 Å². The Bertz CT molecular complexity index is 548. The van der Waals surface area contributed by atoms with E-state index in [1.807, 2.05) is 5.38 Å². The number of carbonyl (C=O) groups is 2. The topological polar surface area (TPSA) is 91.3 Å². The summed E-state index contributed by atoms with van der Waals surface area (Å²) in [5.41, 5.74) is 1.09. The molecule has 22 heavy (non-hydrogen) atoms. The van der Waals surface area contributed by atoms with Gasteiger partial charge in [-0.1, -0.05) is 6.42 Å². The van der Waals surface area contributed by atoms with E-state index in [1.54, 1.807) is 0 Å². The molecule has 3 rings (SSSR count). The van der Waals surface area contributed by atoms with Gasteiger partial charge in [0.2, 0.25) is 0 Å². The summed E-state index contributed by atoms with van der Waals surface area (Å²) in [7, 11) is 0. The molecule has 2 amide bonds. The number of aromatic nitrogens is 1. The van der Waals surface area contributed by atoms with Gasteiger partial charge in [-0.05, 0) is 38.5 Å². The minimum Gasteiger partial charge on any atom is -0.481 e. The van der Waals surface area contributed by atoms with E-state index in [9.17, 15) is 9.59 Å². The highest BCUT2D eigenvalue weighted by atomic mass is 32.1. The molecule has 0 bridgehead atoms. The molecular weight excluding hydrogens is 302 g/mol. The van der Waals surface area contributed by atoms with Gasteiger partial charge in [0.15, 0.2) is 5.13 Å². The lowest BCUT2D eigenvalue weighted by molar-refractivity contribution is -0.142. The minimum absolute atomic E-state index is 0.0571. The van der Waals surface area contributed by atoms with Crippen LogP contribution in [0.1, 0.15) is 56.6 Å². The highest BCUT2D eigenvalue weighted by Gasteiger charge is 2.27. The minimum atomic E-state index is -0.728. The van der Waals surface area contributed by atoms with E-state index in [4.69, 9.17) is 5.11 Å². The van der Waals surface area contributed by atoms with E-state index in [-0.39, 0.29) is 18.0 Å². The van der Waals surface area contributed by atoms with E-state index >= 15 is 0 Å². The first kappa shape index (κ1) is 15.3. The quantitative estimate of drug-likeness (QED) is 0.793. The van der Waals surface area contributed by atoms with Crippen molar-refractivity contribution in [3.63, 3.8) is 0 Å². The van der Waals surface area contributed by atoms with Gasteiger partial charge >= 0.3 is 12.0 Å². The van der Waals surface area contributed by atoms with Gasteiger partial charge in [0.05, 0.1) is 11.6 Å². The van der Waals surface area contributed by atoms with Gasteiger partial charge in [-0.15, -0.1) is 11.3 Å². The molecule has 120 valence electrons. The largest absolute Gasteiger partial charge is 0.481 e. The van der Waals surface area contributed by atoms with Gasteiger partial charge in [-0.2, -0.15) is 0 Å². The second-order valence-electron chi connectivity index (χ2n) is 6.19. The molecule has 0 spiro atoms. The van der Waals surface area contributed by atoms with Crippen LogP contribution in [0.4, 0.5) is 9.93 Å². The number of amides is 2. The Morgan fingerprint density at radius 1 is 1.18 bits per heavy atom. The molecule has 1 aromatic rings. The smallest absolute Gasteiger partial charge is 0.321 e. The van der Waals surface area contributed by atoms with E-state index in [2.05, 4.69) is 15.6 Å². The molecule has 6 nitrogen and oxygen atoms in total. The Morgan fingerprint density at radius 2 is 1.91 bits per heavy atom. The SMILES string of the molecule is O=C(Nc1nc(C2CCC2)cs1)NC1CCC(C(=O)O)CC1. The Kier molecular flexibility index (Phi) is 4.61. The fraction of sp³-hybridized carbons (Fsp3) is 0.667. The Labute approximate surface area is 133 Å². The lowest BCUT2D eigenvalue weighted by Gasteiger charge is -2.26. The lowest BCUT2D eigenvalue weighted by atomic mass is 9.83. The maximum absolute atomic E-state index is 12.0. The maximum atomic E-state index is 12.0. The predicted octanol–water partition coefficient (Wildman–Crippen LogP) is 3.18. The average Bonchev–Trinajstić information content (AvgIpc) is 2.85. The first-order valence-corrected chi connectivity index (χ1v) is 8.75. The van der Waals surface area contributed by atoms with Gasteiger partial charge in [0.1, 0.15) is 0 Å². The first-order valence-electron chi connectivity index (χ1n) is 7.87. The van der Waals surface area contributed by atoms with Crippen LogP contribution in [0.2, 0.25) is 0 Å². The zero-order valence-corrected chi connectivity index (χ0v) is 13.2. The number of anilines is 1. The summed E-state index contributed by atoms with van der Waals surface area (Å²) in [6, 6.07) is -0.185. The molecular formula is C15H21N3O3S. The number of thiazole rings is 1. The van der Waals surface area contributed by atoms with Crippen LogP contribution in [0.5, 0.6) is 0 Å². The molecule has 2 fully saturated rings. The number of nitrogens with one attached hydrogen (secondary N) is 2. The summed E-state index contributed by atoms with van der Waals surface area (Å²) in [6.07, 6.45) is 6.35. The van der Waals surface area contributed by atoms with Crippen molar-refractivity contribution in [3.05, 3.63) is 11.1 Å². The maximum Gasteiger partial charge on any atom is 0.321 e. The Hall–Kier alpha value is -1.63. The highest BCUT2D eigenvalue weighted by Crippen LogP contribution is 2.37. The molecule has 0 aliphatic heterocycles. The van der Waals surface area contributed by atoms with Crippen LogP contribution in [-0.4, -0.2) is 28.1 Å². The molecule has 0 saturated heterocycles. The number of rotatable bonds is 4. The Balaban J connectivity index is 1.44. The van der Waals surface area contributed by atoms with E-state index in [0.717, 1.165) is 18.5 Å². The first-order chi connectivity index (χ1) is 10.6. The number of carboxylic acids is 1. The number of carbonyl (C=O) groups excluding carboxylic acids is 1. The molecule has 1 heterocycles. The Morgan fingerprint density at radius 3 is 2.50 bits per heavy atom. The van der Waals surface area contributed by atoms with Crippen molar-refractivity contribution >= 4 is 28.5 Å². The van der Waals surface area contributed by atoms with Gasteiger partial charge in [0, 0.05) is 17.3 Å². The highest BCUT2D eigenvalue weighted by molar-refractivity contribution is 7.13. The molecule has 2 aliphatic rings. The van der Waals surface area contributed by atoms with Gasteiger partial charge in [0.25, 0.3) is 0 Å².